The molecule has 0 unspecified atom stereocenters. The summed E-state index contributed by atoms with van der Waals surface area (Å²) in [6.45, 7) is 0. The van der Waals surface area contributed by atoms with E-state index in [1.54, 1.807) is 6.19 Å². The molecule has 0 aliphatic rings. The van der Waals surface area contributed by atoms with E-state index in [-0.39, 0.29) is 27.4 Å². The predicted octanol–water partition coefficient (Wildman–Crippen LogP) is 1.76. The van der Waals surface area contributed by atoms with Gasteiger partial charge in [-0.1, -0.05) is 29.3 Å². The second-order valence-corrected chi connectivity index (χ2v) is 9.05. The Kier molecular flexibility index (Phi) is 9.85. The summed E-state index contributed by atoms with van der Waals surface area (Å²) in [6.07, 6.45) is 3.06. The van der Waals surface area contributed by atoms with Crippen molar-refractivity contribution >= 4 is 56.5 Å². The Morgan fingerprint density at radius 2 is 1.74 bits per heavy atom. The summed E-state index contributed by atoms with van der Waals surface area (Å²) in [5, 5.41) is 27.1. The number of nitrogens with two attached hydrogens (primary N) is 3. The van der Waals surface area contributed by atoms with Crippen LogP contribution < -0.4 is 22.1 Å². The second kappa shape index (κ2) is 11.9. The monoisotopic (exact) mass is 529 g/mol. The van der Waals surface area contributed by atoms with Gasteiger partial charge in [0, 0.05) is 14.1 Å². The van der Waals surface area contributed by atoms with Crippen molar-refractivity contribution in [2.45, 2.75) is 4.90 Å². The number of phenols is 1. The van der Waals surface area contributed by atoms with Crippen LogP contribution in [-0.2, 0) is 10.0 Å². The fourth-order valence-corrected chi connectivity index (χ4v) is 3.83. The van der Waals surface area contributed by atoms with Crippen molar-refractivity contribution in [2.24, 2.45) is 27.2 Å². The summed E-state index contributed by atoms with van der Waals surface area (Å²) in [6, 6.07) is 6.34. The highest BCUT2D eigenvalue weighted by Crippen LogP contribution is 2.39. The number of benzene rings is 2. The maximum atomic E-state index is 14.0. The number of phenolic OH excluding ortho intramolecular Hbond substituents is 1. The number of hydrogen-bond acceptors (Lipinski definition) is 7. The topological polar surface area (TPSA) is 211 Å². The van der Waals surface area contributed by atoms with Gasteiger partial charge in [-0.3, -0.25) is 0 Å². The highest BCUT2D eigenvalue weighted by atomic mass is 35.5. The molecule has 0 spiro atoms. The summed E-state index contributed by atoms with van der Waals surface area (Å²) in [7, 11) is -1.65. The number of hydrogen-bond donors (Lipinski definition) is 4. The predicted molar refractivity (Wildman–Crippen MR) is 126 cm³/mol. The van der Waals surface area contributed by atoms with E-state index in [1.165, 1.54) is 50.6 Å². The van der Waals surface area contributed by atoms with Gasteiger partial charge in [-0.2, -0.15) is 10.5 Å². The zero-order valence-electron chi connectivity index (χ0n) is 17.6. The van der Waals surface area contributed by atoms with Crippen LogP contribution in [0, 0.1) is 28.7 Å². The molecule has 0 aliphatic heterocycles. The lowest BCUT2D eigenvalue weighted by atomic mass is 10.2. The van der Waals surface area contributed by atoms with Crippen LogP contribution >= 0.6 is 23.2 Å². The fourth-order valence-electron chi connectivity index (χ4n) is 2.18. The minimum absolute atomic E-state index is 0.197. The summed E-state index contributed by atoms with van der Waals surface area (Å²) < 4.78 is 39.7. The van der Waals surface area contributed by atoms with Gasteiger partial charge in [0.15, 0.2) is 17.8 Å². The molecule has 2 aromatic rings. The van der Waals surface area contributed by atoms with E-state index in [1.807, 2.05) is 0 Å². The van der Waals surface area contributed by atoms with Gasteiger partial charge < -0.3 is 22.3 Å². The van der Waals surface area contributed by atoms with Gasteiger partial charge in [0.2, 0.25) is 28.1 Å². The minimum atomic E-state index is -4.14. The van der Waals surface area contributed by atoms with Crippen molar-refractivity contribution in [1.29, 1.82) is 10.5 Å². The lowest BCUT2D eigenvalue weighted by Gasteiger charge is -2.20. The standard InChI is InChI=1S/C16H14Cl2FN5O3S.C2H4N4/c1-23(2)28(26,27)15-10(18)6-7-12(14(15)25)24(8-20)16(21)22-11-5-3-4-9(17)13(11)19;3-1-6-2(4)5/h3-7,25H,1-2H3,(H2,21,22);(H4,4,5,6). The Balaban J connectivity index is 0.000000852. The summed E-state index contributed by atoms with van der Waals surface area (Å²) >= 11 is 11.6. The fraction of sp³-hybridized carbons (Fsp3) is 0.111. The molecule has 0 saturated carbocycles. The summed E-state index contributed by atoms with van der Waals surface area (Å²) in [4.78, 5) is 6.71. The number of rotatable bonds is 4. The molecule has 0 saturated heterocycles. The Bertz CT molecular complexity index is 1320. The van der Waals surface area contributed by atoms with Crippen LogP contribution in [0.3, 0.4) is 0 Å². The van der Waals surface area contributed by atoms with Crippen LogP contribution in [0.5, 0.6) is 5.75 Å². The summed E-state index contributed by atoms with van der Waals surface area (Å²) in [5.74, 6) is -2.40. The molecular weight excluding hydrogens is 512 g/mol. The van der Waals surface area contributed by atoms with Crippen LogP contribution in [0.4, 0.5) is 15.8 Å². The van der Waals surface area contributed by atoms with Crippen LogP contribution in [-0.4, -0.2) is 43.8 Å². The van der Waals surface area contributed by atoms with E-state index in [9.17, 15) is 23.2 Å². The molecule has 0 aromatic heterocycles. The van der Waals surface area contributed by atoms with Gasteiger partial charge in [0.25, 0.3) is 0 Å². The number of aliphatic imine (C=N–C) groups is 2. The first kappa shape index (κ1) is 28.2. The van der Waals surface area contributed by atoms with Crippen LogP contribution in [0.2, 0.25) is 10.0 Å². The molecule has 2 aromatic carbocycles. The largest absolute Gasteiger partial charge is 0.504 e. The van der Waals surface area contributed by atoms with E-state index in [0.717, 1.165) is 4.31 Å². The second-order valence-electron chi connectivity index (χ2n) is 6.15. The number of anilines is 1. The zero-order valence-corrected chi connectivity index (χ0v) is 19.9. The van der Waals surface area contributed by atoms with Crippen molar-refractivity contribution in [3.8, 4) is 18.1 Å². The molecule has 12 nitrogen and oxygen atoms in total. The number of halogens is 3. The molecule has 0 atom stereocenters. The first-order valence-corrected chi connectivity index (χ1v) is 10.9. The molecule has 0 amide bonds. The highest BCUT2D eigenvalue weighted by Gasteiger charge is 2.29. The molecule has 34 heavy (non-hydrogen) atoms. The third kappa shape index (κ3) is 6.60. The Morgan fingerprint density at radius 1 is 1.12 bits per heavy atom. The van der Waals surface area contributed by atoms with Gasteiger partial charge in [-0.05, 0) is 24.3 Å². The quantitative estimate of drug-likeness (QED) is 0.196. The molecule has 180 valence electrons. The van der Waals surface area contributed by atoms with Crippen molar-refractivity contribution in [3.05, 3.63) is 46.2 Å². The third-order valence-electron chi connectivity index (χ3n) is 3.72. The smallest absolute Gasteiger partial charge is 0.247 e. The molecule has 0 heterocycles. The average molecular weight is 530 g/mol. The first-order chi connectivity index (χ1) is 15.8. The van der Waals surface area contributed by atoms with Crippen LogP contribution in [0.25, 0.3) is 0 Å². The van der Waals surface area contributed by atoms with Crippen molar-refractivity contribution in [1.82, 2.24) is 4.31 Å². The minimum Gasteiger partial charge on any atom is -0.504 e. The first-order valence-electron chi connectivity index (χ1n) is 8.69. The lowest BCUT2D eigenvalue weighted by molar-refractivity contribution is 0.454. The van der Waals surface area contributed by atoms with Gasteiger partial charge >= 0.3 is 0 Å². The van der Waals surface area contributed by atoms with Crippen molar-refractivity contribution in [3.63, 3.8) is 0 Å². The molecule has 0 radical (unpaired) electrons. The molecule has 7 N–H and O–H groups in total. The molecular formula is C18H18Cl2FN9O3S. The average Bonchev–Trinajstić information content (AvgIpc) is 2.73. The van der Waals surface area contributed by atoms with E-state index in [0.29, 0.717) is 4.90 Å². The van der Waals surface area contributed by atoms with E-state index >= 15 is 0 Å². The number of guanidine groups is 2. The van der Waals surface area contributed by atoms with E-state index in [2.05, 4.69) is 9.98 Å². The van der Waals surface area contributed by atoms with E-state index in [4.69, 9.17) is 45.7 Å². The third-order valence-corrected chi connectivity index (χ3v) is 6.33. The van der Waals surface area contributed by atoms with Crippen LogP contribution in [0.15, 0.2) is 45.2 Å². The molecule has 2 rings (SSSR count). The number of nitriles is 2. The number of nitrogens with zero attached hydrogens (tertiary/aromatic N) is 6. The molecule has 16 heteroatoms. The van der Waals surface area contributed by atoms with Crippen molar-refractivity contribution in [2.75, 3.05) is 19.0 Å². The maximum Gasteiger partial charge on any atom is 0.247 e. The van der Waals surface area contributed by atoms with Gasteiger partial charge in [-0.25, -0.2) is 27.0 Å². The molecule has 0 bridgehead atoms. The van der Waals surface area contributed by atoms with Crippen molar-refractivity contribution < 1.29 is 17.9 Å². The Hall–Kier alpha value is -3.82. The van der Waals surface area contributed by atoms with Gasteiger partial charge in [-0.15, -0.1) is 4.99 Å². The normalized spacial score (nSPS) is 11.0. The summed E-state index contributed by atoms with van der Waals surface area (Å²) in [5.41, 5.74) is 14.6. The number of sulfonamides is 1. The van der Waals surface area contributed by atoms with Crippen LogP contribution in [0.1, 0.15) is 0 Å². The Morgan fingerprint density at radius 3 is 2.21 bits per heavy atom. The highest BCUT2D eigenvalue weighted by molar-refractivity contribution is 7.89. The van der Waals surface area contributed by atoms with Gasteiger partial charge in [0.05, 0.1) is 10.0 Å². The Labute approximate surface area is 204 Å². The lowest BCUT2D eigenvalue weighted by Crippen LogP contribution is -2.33. The maximum absolute atomic E-state index is 14.0. The molecule has 0 aliphatic carbocycles. The molecule has 0 fully saturated rings. The van der Waals surface area contributed by atoms with Gasteiger partial charge in [0.1, 0.15) is 16.3 Å². The number of aromatic hydroxyl groups is 1. The zero-order chi connectivity index (χ0) is 26.2. The SMILES string of the molecule is CN(C)S(=O)(=O)c1c(Cl)ccc(N(C#N)C(N)=Nc2cccc(Cl)c2F)c1O.N#CN=C(N)N. The van der Waals surface area contributed by atoms with E-state index < -0.39 is 32.4 Å².